The zero-order valence-electron chi connectivity index (χ0n) is 12.4. The van der Waals surface area contributed by atoms with Crippen LogP contribution in [0.1, 0.15) is 36.0 Å². The molecule has 0 aliphatic carbocycles. The average molecular weight is 281 g/mol. The van der Waals surface area contributed by atoms with E-state index in [1.165, 1.54) is 18.4 Å². The summed E-state index contributed by atoms with van der Waals surface area (Å²) in [7, 11) is 0. The maximum atomic E-state index is 10.9. The van der Waals surface area contributed by atoms with Crippen LogP contribution in [0.4, 0.5) is 0 Å². The molecule has 21 heavy (non-hydrogen) atoms. The number of aliphatic hydroxyl groups excluding tert-OH is 1. The van der Waals surface area contributed by atoms with Gasteiger partial charge in [0.25, 0.3) is 0 Å². The summed E-state index contributed by atoms with van der Waals surface area (Å²) in [5, 5.41) is 10.9. The Morgan fingerprint density at radius 3 is 1.90 bits per heavy atom. The zero-order valence-corrected chi connectivity index (χ0v) is 12.4. The van der Waals surface area contributed by atoms with E-state index in [1.807, 2.05) is 36.4 Å². The summed E-state index contributed by atoms with van der Waals surface area (Å²) >= 11 is 0. The minimum atomic E-state index is -0.450. The van der Waals surface area contributed by atoms with Gasteiger partial charge < -0.3 is 10.0 Å². The van der Waals surface area contributed by atoms with Crippen molar-refractivity contribution >= 4 is 0 Å². The summed E-state index contributed by atoms with van der Waals surface area (Å²) in [6.45, 7) is 3.25. The fourth-order valence-corrected chi connectivity index (χ4v) is 3.21. The third kappa shape index (κ3) is 3.52. The minimum absolute atomic E-state index is 0.131. The molecule has 0 bridgehead atoms. The Morgan fingerprint density at radius 2 is 1.33 bits per heavy atom. The monoisotopic (exact) mass is 281 g/mol. The van der Waals surface area contributed by atoms with Crippen LogP contribution in [0.3, 0.4) is 0 Å². The lowest BCUT2D eigenvalue weighted by Crippen LogP contribution is -2.29. The third-order valence-corrected chi connectivity index (χ3v) is 4.40. The fraction of sp³-hybridized carbons (Fsp3) is 0.368. The summed E-state index contributed by atoms with van der Waals surface area (Å²) in [6.07, 6.45) is 2.11. The van der Waals surface area contributed by atoms with Gasteiger partial charge in [0.1, 0.15) is 0 Å². The molecule has 1 heterocycles. The normalized spacial score (nSPS) is 18.5. The molecule has 2 aromatic carbocycles. The van der Waals surface area contributed by atoms with Gasteiger partial charge in [-0.25, -0.2) is 0 Å². The van der Waals surface area contributed by atoms with Gasteiger partial charge in [-0.15, -0.1) is 0 Å². The van der Waals surface area contributed by atoms with Crippen LogP contribution >= 0.6 is 0 Å². The van der Waals surface area contributed by atoms with Gasteiger partial charge in [0, 0.05) is 12.5 Å². The number of hydrogen-bond donors (Lipinski definition) is 1. The van der Waals surface area contributed by atoms with Gasteiger partial charge in [0.2, 0.25) is 0 Å². The van der Waals surface area contributed by atoms with Crippen LogP contribution in [0.5, 0.6) is 0 Å². The number of nitrogens with zero attached hydrogens (tertiary/aromatic N) is 1. The first kappa shape index (κ1) is 14.3. The molecule has 0 spiro atoms. The topological polar surface area (TPSA) is 23.5 Å². The van der Waals surface area contributed by atoms with Crippen LogP contribution in [0.2, 0.25) is 0 Å². The molecule has 0 aromatic heterocycles. The molecule has 1 aliphatic heterocycles. The van der Waals surface area contributed by atoms with Gasteiger partial charge in [-0.2, -0.15) is 0 Å². The number of rotatable bonds is 5. The first-order valence-electron chi connectivity index (χ1n) is 7.85. The summed E-state index contributed by atoms with van der Waals surface area (Å²) in [4.78, 5) is 2.48. The molecule has 3 rings (SSSR count). The molecule has 1 saturated heterocycles. The van der Waals surface area contributed by atoms with Gasteiger partial charge in [-0.1, -0.05) is 60.7 Å². The number of aliphatic hydroxyl groups is 1. The van der Waals surface area contributed by atoms with E-state index in [4.69, 9.17) is 0 Å². The molecule has 1 fully saturated rings. The third-order valence-electron chi connectivity index (χ3n) is 4.40. The maximum absolute atomic E-state index is 10.9. The summed E-state index contributed by atoms with van der Waals surface area (Å²) in [5.74, 6) is 0.131. The van der Waals surface area contributed by atoms with Crippen LogP contribution in [0, 0.1) is 0 Å². The van der Waals surface area contributed by atoms with Crippen LogP contribution in [-0.2, 0) is 0 Å². The summed E-state index contributed by atoms with van der Waals surface area (Å²) in [5.41, 5.74) is 2.23. The smallest absolute Gasteiger partial charge is 0.0870 e. The van der Waals surface area contributed by atoms with E-state index in [1.54, 1.807) is 0 Å². The molecular weight excluding hydrogens is 258 g/mol. The molecule has 0 saturated carbocycles. The quantitative estimate of drug-likeness (QED) is 0.905. The highest BCUT2D eigenvalue weighted by molar-refractivity contribution is 5.27. The predicted molar refractivity (Wildman–Crippen MR) is 86.3 cm³/mol. The van der Waals surface area contributed by atoms with Gasteiger partial charge in [-0.3, -0.25) is 0 Å². The Bertz CT molecular complexity index is 534. The Hall–Kier alpha value is -1.64. The molecule has 2 atom stereocenters. The van der Waals surface area contributed by atoms with Gasteiger partial charge in [0.15, 0.2) is 0 Å². The highest BCUT2D eigenvalue weighted by Gasteiger charge is 2.26. The van der Waals surface area contributed by atoms with E-state index in [-0.39, 0.29) is 5.92 Å². The first-order chi connectivity index (χ1) is 10.3. The van der Waals surface area contributed by atoms with Crippen molar-refractivity contribution in [1.29, 1.82) is 0 Å². The lowest BCUT2D eigenvalue weighted by atomic mass is 9.88. The predicted octanol–water partition coefficient (Wildman–Crippen LogP) is 3.60. The van der Waals surface area contributed by atoms with E-state index in [0.29, 0.717) is 0 Å². The van der Waals surface area contributed by atoms with E-state index in [2.05, 4.69) is 29.2 Å². The van der Waals surface area contributed by atoms with Gasteiger partial charge in [0.05, 0.1) is 6.10 Å². The molecule has 2 aromatic rings. The van der Waals surface area contributed by atoms with Crippen molar-refractivity contribution in [3.05, 3.63) is 71.8 Å². The lowest BCUT2D eigenvalue weighted by molar-refractivity contribution is 0.123. The summed E-state index contributed by atoms with van der Waals surface area (Å²) < 4.78 is 0. The second-order valence-corrected chi connectivity index (χ2v) is 5.88. The van der Waals surface area contributed by atoms with E-state index in [0.717, 1.165) is 25.2 Å². The molecule has 1 N–H and O–H groups in total. The zero-order chi connectivity index (χ0) is 14.5. The second-order valence-electron chi connectivity index (χ2n) is 5.88. The van der Waals surface area contributed by atoms with Crippen molar-refractivity contribution < 1.29 is 5.11 Å². The molecule has 2 nitrogen and oxygen atoms in total. The lowest BCUT2D eigenvalue weighted by Gasteiger charge is -2.28. The maximum Gasteiger partial charge on any atom is 0.0870 e. The Kier molecular flexibility index (Phi) is 4.69. The Morgan fingerprint density at radius 1 is 0.810 bits per heavy atom. The van der Waals surface area contributed by atoms with Crippen molar-refractivity contribution in [1.82, 2.24) is 4.90 Å². The van der Waals surface area contributed by atoms with E-state index >= 15 is 0 Å². The molecule has 1 aliphatic rings. The summed E-state index contributed by atoms with van der Waals surface area (Å²) in [6, 6.07) is 20.4. The minimum Gasteiger partial charge on any atom is -0.388 e. The van der Waals surface area contributed by atoms with Crippen LogP contribution in [-0.4, -0.2) is 29.6 Å². The van der Waals surface area contributed by atoms with Crippen LogP contribution < -0.4 is 0 Å². The standard InChI is InChI=1S/C19H23NO/c21-19(17-11-5-2-6-12-17)18(15-20-13-7-8-14-20)16-9-3-1-4-10-16/h1-6,9-12,18-19,21H,7-8,13-15H2/t18-,19+/m1/s1. The SMILES string of the molecule is O[C@@H](c1ccccc1)[C@H](CN1CCCC1)c1ccccc1. The van der Waals surface area contributed by atoms with Crippen molar-refractivity contribution in [2.75, 3.05) is 19.6 Å². The number of hydrogen-bond acceptors (Lipinski definition) is 2. The second kappa shape index (κ2) is 6.88. The highest BCUT2D eigenvalue weighted by Crippen LogP contribution is 2.32. The van der Waals surface area contributed by atoms with Crippen molar-refractivity contribution in [3.63, 3.8) is 0 Å². The molecule has 110 valence electrons. The van der Waals surface area contributed by atoms with Crippen molar-refractivity contribution in [3.8, 4) is 0 Å². The largest absolute Gasteiger partial charge is 0.388 e. The first-order valence-corrected chi connectivity index (χ1v) is 7.85. The Balaban J connectivity index is 1.84. The highest BCUT2D eigenvalue weighted by atomic mass is 16.3. The van der Waals surface area contributed by atoms with Gasteiger partial charge >= 0.3 is 0 Å². The van der Waals surface area contributed by atoms with Crippen molar-refractivity contribution in [2.45, 2.75) is 24.9 Å². The molecule has 2 heteroatoms. The van der Waals surface area contributed by atoms with Crippen molar-refractivity contribution in [2.24, 2.45) is 0 Å². The van der Waals surface area contributed by atoms with Crippen LogP contribution in [0.15, 0.2) is 60.7 Å². The van der Waals surface area contributed by atoms with E-state index in [9.17, 15) is 5.11 Å². The molecule has 0 unspecified atom stereocenters. The number of benzene rings is 2. The van der Waals surface area contributed by atoms with Gasteiger partial charge in [-0.05, 0) is 37.1 Å². The van der Waals surface area contributed by atoms with Crippen LogP contribution in [0.25, 0.3) is 0 Å². The molecular formula is C19H23NO. The average Bonchev–Trinajstić information content (AvgIpc) is 3.07. The fourth-order valence-electron chi connectivity index (χ4n) is 3.21. The van der Waals surface area contributed by atoms with E-state index < -0.39 is 6.10 Å². The Labute approximate surface area is 127 Å². The molecule has 0 amide bonds. The number of likely N-dealkylation sites (tertiary alicyclic amines) is 1. The molecule has 0 radical (unpaired) electrons.